The number of para-hydroxylation sites is 1. The Bertz CT molecular complexity index is 1340. The van der Waals surface area contributed by atoms with Crippen LogP contribution in [0.2, 0.25) is 10.0 Å². The number of aromatic nitrogens is 1. The maximum Gasteiger partial charge on any atom is 0.387 e. The smallest absolute Gasteiger partial charge is 0.387 e. The van der Waals surface area contributed by atoms with E-state index in [2.05, 4.69) is 4.74 Å². The molecule has 0 amide bonds. The molecule has 4 aromatic rings. The SMILES string of the molecule is Cc1c(-c2cccc(Cl)c2)nc2ccccc2c1C(=O)OCc1cc(Cl)ccc1OC(F)F. The number of alkyl halides is 2. The fraction of sp³-hybridized carbons (Fsp3) is 0.120. The summed E-state index contributed by atoms with van der Waals surface area (Å²) in [5, 5.41) is 1.45. The predicted octanol–water partition coefficient (Wildman–Crippen LogP) is 7.48. The number of rotatable bonds is 6. The number of carbonyl (C=O) groups excluding carboxylic acids is 1. The maximum atomic E-state index is 13.2. The molecule has 0 aliphatic rings. The van der Waals surface area contributed by atoms with E-state index < -0.39 is 12.6 Å². The van der Waals surface area contributed by atoms with E-state index in [0.717, 1.165) is 5.56 Å². The number of ether oxygens (including phenoxy) is 2. The van der Waals surface area contributed by atoms with Crippen LogP contribution in [0.3, 0.4) is 0 Å². The first-order chi connectivity index (χ1) is 15.8. The van der Waals surface area contributed by atoms with Gasteiger partial charge in [0.1, 0.15) is 12.4 Å². The highest BCUT2D eigenvalue weighted by Gasteiger charge is 2.21. The highest BCUT2D eigenvalue weighted by molar-refractivity contribution is 6.31. The molecular formula is C25H17Cl2F2NO3. The van der Waals surface area contributed by atoms with Crippen LogP contribution >= 0.6 is 23.2 Å². The number of hydrogen-bond acceptors (Lipinski definition) is 4. The molecule has 1 aromatic heterocycles. The first-order valence-corrected chi connectivity index (χ1v) is 10.6. The molecule has 0 aliphatic carbocycles. The summed E-state index contributed by atoms with van der Waals surface area (Å²) in [4.78, 5) is 17.9. The minimum atomic E-state index is -3.02. The van der Waals surface area contributed by atoms with Crippen LogP contribution in [0.4, 0.5) is 8.78 Å². The van der Waals surface area contributed by atoms with Gasteiger partial charge in [-0.15, -0.1) is 0 Å². The molecule has 0 saturated heterocycles. The summed E-state index contributed by atoms with van der Waals surface area (Å²) < 4.78 is 35.5. The van der Waals surface area contributed by atoms with Crippen LogP contribution in [-0.4, -0.2) is 17.6 Å². The lowest BCUT2D eigenvalue weighted by Gasteiger charge is -2.15. The van der Waals surface area contributed by atoms with Crippen molar-refractivity contribution in [2.45, 2.75) is 20.1 Å². The molecule has 8 heteroatoms. The molecule has 0 N–H and O–H groups in total. The first-order valence-electron chi connectivity index (χ1n) is 9.89. The fourth-order valence-corrected chi connectivity index (χ4v) is 3.96. The van der Waals surface area contributed by atoms with Gasteiger partial charge in [0.15, 0.2) is 0 Å². The highest BCUT2D eigenvalue weighted by Crippen LogP contribution is 2.32. The number of carbonyl (C=O) groups is 1. The van der Waals surface area contributed by atoms with E-state index >= 15 is 0 Å². The summed E-state index contributed by atoms with van der Waals surface area (Å²) in [6, 6.07) is 18.5. The third-order valence-corrected chi connectivity index (χ3v) is 5.51. The van der Waals surface area contributed by atoms with Gasteiger partial charge in [-0.3, -0.25) is 0 Å². The largest absolute Gasteiger partial charge is 0.457 e. The summed E-state index contributed by atoms with van der Waals surface area (Å²) in [5.41, 5.74) is 3.11. The Hall–Kier alpha value is -3.22. The van der Waals surface area contributed by atoms with Crippen LogP contribution in [0.1, 0.15) is 21.5 Å². The monoisotopic (exact) mass is 487 g/mol. The second-order valence-corrected chi connectivity index (χ2v) is 8.07. The average molecular weight is 488 g/mol. The van der Waals surface area contributed by atoms with Crippen LogP contribution in [-0.2, 0) is 11.3 Å². The van der Waals surface area contributed by atoms with Gasteiger partial charge in [-0.1, -0.05) is 53.5 Å². The molecule has 0 radical (unpaired) electrons. The van der Waals surface area contributed by atoms with Crippen molar-refractivity contribution in [3.8, 4) is 17.0 Å². The molecule has 0 unspecified atom stereocenters. The molecule has 3 aromatic carbocycles. The third kappa shape index (κ3) is 5.07. The highest BCUT2D eigenvalue weighted by atomic mass is 35.5. The second kappa shape index (κ2) is 9.73. The lowest BCUT2D eigenvalue weighted by molar-refractivity contribution is -0.0510. The molecule has 0 fully saturated rings. The zero-order chi connectivity index (χ0) is 23.5. The van der Waals surface area contributed by atoms with Crippen molar-refractivity contribution in [3.05, 3.63) is 93.5 Å². The Labute approximate surface area is 198 Å². The Balaban J connectivity index is 1.73. The molecular weight excluding hydrogens is 471 g/mol. The first kappa shape index (κ1) is 23.0. The van der Waals surface area contributed by atoms with Crippen molar-refractivity contribution in [3.63, 3.8) is 0 Å². The molecule has 0 saturated carbocycles. The minimum absolute atomic E-state index is 0.113. The van der Waals surface area contributed by atoms with Crippen LogP contribution in [0.25, 0.3) is 22.2 Å². The second-order valence-electron chi connectivity index (χ2n) is 7.19. The number of halogens is 4. The van der Waals surface area contributed by atoms with E-state index in [1.54, 1.807) is 43.3 Å². The molecule has 0 aliphatic heterocycles. The van der Waals surface area contributed by atoms with Gasteiger partial charge in [-0.05, 0) is 48.9 Å². The minimum Gasteiger partial charge on any atom is -0.457 e. The average Bonchev–Trinajstić information content (AvgIpc) is 2.78. The summed E-state index contributed by atoms with van der Waals surface area (Å²) in [5.74, 6) is -0.740. The van der Waals surface area contributed by atoms with Gasteiger partial charge < -0.3 is 9.47 Å². The number of benzene rings is 3. The molecule has 1 heterocycles. The van der Waals surface area contributed by atoms with E-state index in [1.807, 2.05) is 12.1 Å². The van der Waals surface area contributed by atoms with E-state index in [4.69, 9.17) is 32.9 Å². The number of esters is 1. The summed E-state index contributed by atoms with van der Waals surface area (Å²) >= 11 is 12.1. The quantitative estimate of drug-likeness (QED) is 0.264. The van der Waals surface area contributed by atoms with Gasteiger partial charge in [0.05, 0.1) is 16.8 Å². The molecule has 0 atom stereocenters. The summed E-state index contributed by atoms with van der Waals surface area (Å²) in [6.45, 7) is -1.55. The van der Waals surface area contributed by atoms with Crippen LogP contribution in [0, 0.1) is 6.92 Å². The Morgan fingerprint density at radius 2 is 1.76 bits per heavy atom. The lowest BCUT2D eigenvalue weighted by atomic mass is 9.98. The molecule has 0 bridgehead atoms. The van der Waals surface area contributed by atoms with Gasteiger partial charge in [0.2, 0.25) is 0 Å². The van der Waals surface area contributed by atoms with Crippen molar-refractivity contribution in [2.24, 2.45) is 0 Å². The zero-order valence-corrected chi connectivity index (χ0v) is 18.8. The maximum absolute atomic E-state index is 13.2. The molecule has 4 rings (SSSR count). The third-order valence-electron chi connectivity index (χ3n) is 5.04. The fourth-order valence-electron chi connectivity index (χ4n) is 3.57. The number of nitrogens with zero attached hydrogens (tertiary/aromatic N) is 1. The van der Waals surface area contributed by atoms with Crippen LogP contribution in [0.15, 0.2) is 66.7 Å². The number of pyridine rings is 1. The Morgan fingerprint density at radius 1 is 1.00 bits per heavy atom. The normalized spacial score (nSPS) is 11.1. The summed E-state index contributed by atoms with van der Waals surface area (Å²) in [6.07, 6.45) is 0. The van der Waals surface area contributed by atoms with Gasteiger partial charge in [0, 0.05) is 26.6 Å². The summed E-state index contributed by atoms with van der Waals surface area (Å²) in [7, 11) is 0. The lowest BCUT2D eigenvalue weighted by Crippen LogP contribution is -2.11. The zero-order valence-electron chi connectivity index (χ0n) is 17.3. The van der Waals surface area contributed by atoms with Crippen molar-refractivity contribution >= 4 is 40.1 Å². The van der Waals surface area contributed by atoms with E-state index in [-0.39, 0.29) is 17.9 Å². The number of fused-ring (bicyclic) bond motifs is 1. The molecule has 168 valence electrons. The van der Waals surface area contributed by atoms with Crippen molar-refractivity contribution in [1.82, 2.24) is 4.98 Å². The molecule has 4 nitrogen and oxygen atoms in total. The van der Waals surface area contributed by atoms with Crippen molar-refractivity contribution < 1.29 is 23.0 Å². The standard InChI is InChI=1S/C25H17Cl2F2NO3/c1-14-22(24(31)32-13-16-12-18(27)9-10-21(16)33-25(28)29)19-7-2-3-8-20(19)30-23(14)15-5-4-6-17(26)11-15/h2-12,25H,13H2,1H3. The van der Waals surface area contributed by atoms with Gasteiger partial charge in [-0.25, -0.2) is 9.78 Å². The van der Waals surface area contributed by atoms with Gasteiger partial charge in [-0.2, -0.15) is 8.78 Å². The molecule has 0 spiro atoms. The van der Waals surface area contributed by atoms with Crippen LogP contribution < -0.4 is 4.74 Å². The van der Waals surface area contributed by atoms with Crippen molar-refractivity contribution in [2.75, 3.05) is 0 Å². The number of hydrogen-bond donors (Lipinski definition) is 0. The van der Waals surface area contributed by atoms with Gasteiger partial charge in [0.25, 0.3) is 0 Å². The van der Waals surface area contributed by atoms with E-state index in [9.17, 15) is 13.6 Å². The van der Waals surface area contributed by atoms with Crippen LogP contribution in [0.5, 0.6) is 5.75 Å². The van der Waals surface area contributed by atoms with E-state index in [1.165, 1.54) is 18.2 Å². The van der Waals surface area contributed by atoms with Crippen molar-refractivity contribution in [1.29, 1.82) is 0 Å². The molecule has 33 heavy (non-hydrogen) atoms. The topological polar surface area (TPSA) is 48.4 Å². The van der Waals surface area contributed by atoms with Gasteiger partial charge >= 0.3 is 12.6 Å². The Kier molecular flexibility index (Phi) is 6.77. The predicted molar refractivity (Wildman–Crippen MR) is 124 cm³/mol. The Morgan fingerprint density at radius 3 is 2.52 bits per heavy atom. The van der Waals surface area contributed by atoms with E-state index in [0.29, 0.717) is 37.8 Å².